The van der Waals surface area contributed by atoms with Crippen LogP contribution < -0.4 is 10.6 Å². The van der Waals surface area contributed by atoms with Crippen LogP contribution in [0.3, 0.4) is 0 Å². The van der Waals surface area contributed by atoms with Gasteiger partial charge in [-0.25, -0.2) is 9.59 Å². The van der Waals surface area contributed by atoms with Gasteiger partial charge in [-0.1, -0.05) is 12.1 Å². The minimum atomic E-state index is -0.705. The number of benzene rings is 1. The summed E-state index contributed by atoms with van der Waals surface area (Å²) >= 11 is 0. The van der Waals surface area contributed by atoms with Gasteiger partial charge in [0, 0.05) is 12.1 Å². The zero-order chi connectivity index (χ0) is 19.5. The van der Waals surface area contributed by atoms with E-state index in [0.29, 0.717) is 11.1 Å². The molecule has 1 aromatic rings. The summed E-state index contributed by atoms with van der Waals surface area (Å²) in [5.74, 6) is -2.06. The van der Waals surface area contributed by atoms with Crippen LogP contribution in [-0.4, -0.2) is 50.1 Å². The van der Waals surface area contributed by atoms with Crippen LogP contribution in [0.25, 0.3) is 6.08 Å². The Morgan fingerprint density at radius 2 is 1.73 bits per heavy atom. The largest absolute Gasteiger partial charge is 0.465 e. The third-order valence-electron chi connectivity index (χ3n) is 2.98. The lowest BCUT2D eigenvalue weighted by Gasteiger charge is -2.09. The number of hydrogen-bond acceptors (Lipinski definition) is 6. The van der Waals surface area contributed by atoms with Crippen LogP contribution in [-0.2, 0) is 23.9 Å². The molecule has 0 spiro atoms. The van der Waals surface area contributed by atoms with Gasteiger partial charge in [-0.3, -0.25) is 9.59 Å². The first-order valence-corrected chi connectivity index (χ1v) is 7.91. The standard InChI is InChI=1S/C18H22N2O6/c1-12(2)20-15(21)10-19-16(22)11-26-17(23)9-6-13-4-7-14(8-5-13)18(24)25-3/h4-9,12H,10-11H2,1-3H3,(H,19,22)(H,20,21)/b9-6+. The average Bonchev–Trinajstić information content (AvgIpc) is 2.62. The molecule has 0 aliphatic heterocycles. The van der Waals surface area contributed by atoms with E-state index in [0.717, 1.165) is 6.08 Å². The molecule has 0 saturated heterocycles. The Kier molecular flexibility index (Phi) is 8.56. The van der Waals surface area contributed by atoms with E-state index in [1.54, 1.807) is 38.1 Å². The molecule has 0 aromatic heterocycles. The summed E-state index contributed by atoms with van der Waals surface area (Å²) < 4.78 is 9.36. The first kappa shape index (κ1) is 20.9. The van der Waals surface area contributed by atoms with Crippen molar-refractivity contribution >= 4 is 29.8 Å². The fourth-order valence-corrected chi connectivity index (χ4v) is 1.80. The van der Waals surface area contributed by atoms with Crippen LogP contribution in [0.4, 0.5) is 0 Å². The highest BCUT2D eigenvalue weighted by Crippen LogP contribution is 2.07. The van der Waals surface area contributed by atoms with Gasteiger partial charge in [0.15, 0.2) is 6.61 Å². The van der Waals surface area contributed by atoms with Gasteiger partial charge in [0.1, 0.15) is 0 Å². The van der Waals surface area contributed by atoms with Gasteiger partial charge < -0.3 is 20.1 Å². The Hall–Kier alpha value is -3.16. The Morgan fingerprint density at radius 1 is 1.08 bits per heavy atom. The molecule has 1 aromatic carbocycles. The highest BCUT2D eigenvalue weighted by molar-refractivity contribution is 5.91. The summed E-state index contributed by atoms with van der Waals surface area (Å²) in [4.78, 5) is 45.8. The number of carbonyl (C=O) groups excluding carboxylic acids is 4. The number of esters is 2. The van der Waals surface area contributed by atoms with Gasteiger partial charge in [0.05, 0.1) is 19.2 Å². The van der Waals surface area contributed by atoms with Gasteiger partial charge >= 0.3 is 11.9 Å². The van der Waals surface area contributed by atoms with Crippen molar-refractivity contribution < 1.29 is 28.7 Å². The van der Waals surface area contributed by atoms with Crippen molar-refractivity contribution in [2.75, 3.05) is 20.3 Å². The zero-order valence-corrected chi connectivity index (χ0v) is 14.9. The molecule has 0 heterocycles. The third kappa shape index (κ3) is 8.09. The Labute approximate surface area is 151 Å². The maximum atomic E-state index is 11.6. The molecule has 2 amide bonds. The molecule has 8 heteroatoms. The summed E-state index contributed by atoms with van der Waals surface area (Å²) in [5, 5.41) is 4.96. The lowest BCUT2D eigenvalue weighted by atomic mass is 10.1. The molecule has 0 unspecified atom stereocenters. The summed E-state index contributed by atoms with van der Waals surface area (Å²) in [6.45, 7) is 2.93. The number of carbonyl (C=O) groups is 4. The molecule has 1 rings (SSSR count). The molecule has 0 radical (unpaired) electrons. The topological polar surface area (TPSA) is 111 Å². The Balaban J connectivity index is 2.37. The van der Waals surface area contributed by atoms with Crippen LogP contribution in [0.1, 0.15) is 29.8 Å². The van der Waals surface area contributed by atoms with Gasteiger partial charge in [-0.2, -0.15) is 0 Å². The van der Waals surface area contributed by atoms with Crippen LogP contribution in [0, 0.1) is 0 Å². The summed E-state index contributed by atoms with van der Waals surface area (Å²) in [5.41, 5.74) is 1.06. The molecule has 0 aliphatic rings. The predicted octanol–water partition coefficient (Wildman–Crippen LogP) is 0.670. The second-order valence-corrected chi connectivity index (χ2v) is 5.55. The van der Waals surface area contributed by atoms with Crippen molar-refractivity contribution in [2.24, 2.45) is 0 Å². The molecular formula is C18H22N2O6. The van der Waals surface area contributed by atoms with Crippen LogP contribution in [0.2, 0.25) is 0 Å². The van der Waals surface area contributed by atoms with E-state index >= 15 is 0 Å². The van der Waals surface area contributed by atoms with Gasteiger partial charge in [-0.15, -0.1) is 0 Å². The minimum Gasteiger partial charge on any atom is -0.465 e. The Morgan fingerprint density at radius 3 is 2.31 bits per heavy atom. The molecule has 0 aliphatic carbocycles. The monoisotopic (exact) mass is 362 g/mol. The van der Waals surface area contributed by atoms with Gasteiger partial charge in [-0.05, 0) is 37.6 Å². The maximum Gasteiger partial charge on any atom is 0.337 e. The maximum absolute atomic E-state index is 11.6. The Bertz CT molecular complexity index is 679. The number of rotatable bonds is 8. The van der Waals surface area contributed by atoms with Crippen molar-refractivity contribution in [2.45, 2.75) is 19.9 Å². The lowest BCUT2D eigenvalue weighted by molar-refractivity contribution is -0.143. The second kappa shape index (κ2) is 10.7. The van der Waals surface area contributed by atoms with Crippen molar-refractivity contribution in [1.29, 1.82) is 0 Å². The predicted molar refractivity (Wildman–Crippen MR) is 94.1 cm³/mol. The molecule has 0 fully saturated rings. The molecule has 2 N–H and O–H groups in total. The quantitative estimate of drug-likeness (QED) is 0.519. The molecule has 140 valence electrons. The lowest BCUT2D eigenvalue weighted by Crippen LogP contribution is -2.41. The first-order valence-electron chi connectivity index (χ1n) is 7.91. The van der Waals surface area contributed by atoms with E-state index in [1.807, 2.05) is 0 Å². The SMILES string of the molecule is COC(=O)c1ccc(/C=C/C(=O)OCC(=O)NCC(=O)NC(C)C)cc1. The molecule has 0 bridgehead atoms. The number of ether oxygens (including phenoxy) is 2. The second-order valence-electron chi connectivity index (χ2n) is 5.55. The van der Waals surface area contributed by atoms with Crippen molar-refractivity contribution in [1.82, 2.24) is 10.6 Å². The van der Waals surface area contributed by atoms with E-state index in [1.165, 1.54) is 13.2 Å². The van der Waals surface area contributed by atoms with Crippen LogP contribution in [0.15, 0.2) is 30.3 Å². The smallest absolute Gasteiger partial charge is 0.337 e. The van der Waals surface area contributed by atoms with Gasteiger partial charge in [0.2, 0.25) is 5.91 Å². The highest BCUT2D eigenvalue weighted by atomic mass is 16.5. The fraction of sp³-hybridized carbons (Fsp3) is 0.333. The minimum absolute atomic E-state index is 0.0240. The molecule has 0 atom stereocenters. The van der Waals surface area contributed by atoms with E-state index < -0.39 is 24.5 Å². The first-order chi connectivity index (χ1) is 12.3. The van der Waals surface area contributed by atoms with E-state index in [2.05, 4.69) is 15.4 Å². The van der Waals surface area contributed by atoms with E-state index in [4.69, 9.17) is 4.74 Å². The zero-order valence-electron chi connectivity index (χ0n) is 14.9. The fourth-order valence-electron chi connectivity index (χ4n) is 1.80. The molecule has 8 nitrogen and oxygen atoms in total. The van der Waals surface area contributed by atoms with Gasteiger partial charge in [0.25, 0.3) is 5.91 Å². The number of nitrogens with one attached hydrogen (secondary N) is 2. The summed E-state index contributed by atoms with van der Waals surface area (Å²) in [7, 11) is 1.29. The third-order valence-corrected chi connectivity index (χ3v) is 2.98. The molecule has 0 saturated carbocycles. The normalized spacial score (nSPS) is 10.5. The highest BCUT2D eigenvalue weighted by Gasteiger charge is 2.08. The van der Waals surface area contributed by atoms with Crippen molar-refractivity contribution in [3.8, 4) is 0 Å². The molecule has 26 heavy (non-hydrogen) atoms. The summed E-state index contributed by atoms with van der Waals surface area (Å²) in [6, 6.07) is 6.37. The number of amides is 2. The number of hydrogen-bond donors (Lipinski definition) is 2. The van der Waals surface area contributed by atoms with Crippen molar-refractivity contribution in [3.63, 3.8) is 0 Å². The summed E-state index contributed by atoms with van der Waals surface area (Å²) in [6.07, 6.45) is 2.64. The molecular weight excluding hydrogens is 340 g/mol. The van der Waals surface area contributed by atoms with Crippen LogP contribution >= 0.6 is 0 Å². The average molecular weight is 362 g/mol. The van der Waals surface area contributed by atoms with E-state index in [9.17, 15) is 19.2 Å². The van der Waals surface area contributed by atoms with Crippen LogP contribution in [0.5, 0.6) is 0 Å². The van der Waals surface area contributed by atoms with Crippen molar-refractivity contribution in [3.05, 3.63) is 41.5 Å². The number of methoxy groups -OCH3 is 1. The van der Waals surface area contributed by atoms with E-state index in [-0.39, 0.29) is 18.5 Å².